The van der Waals surface area contributed by atoms with Crippen molar-refractivity contribution in [1.29, 1.82) is 0 Å². The number of ether oxygens (including phenoxy) is 1. The second kappa shape index (κ2) is 10.3. The Kier molecular flexibility index (Phi) is 6.89. The van der Waals surface area contributed by atoms with E-state index in [1.54, 1.807) is 7.11 Å². The van der Waals surface area contributed by atoms with Crippen LogP contribution in [0.1, 0.15) is 40.3 Å². The van der Waals surface area contributed by atoms with Crippen LogP contribution in [0.4, 0.5) is 5.69 Å². The van der Waals surface area contributed by atoms with Crippen molar-refractivity contribution in [2.45, 2.75) is 32.5 Å². The van der Waals surface area contributed by atoms with Crippen LogP contribution in [0.2, 0.25) is 0 Å². The molecule has 0 aliphatic carbocycles. The third-order valence-electron chi connectivity index (χ3n) is 7.12. The summed E-state index contributed by atoms with van der Waals surface area (Å²) in [7, 11) is 5.81. The Hall–Kier alpha value is -3.84. The number of anilines is 1. The second-order valence-corrected chi connectivity index (χ2v) is 10.1. The maximum absolute atomic E-state index is 5.91. The normalized spacial score (nSPS) is 17.1. The topological polar surface area (TPSA) is 45.6 Å². The molecule has 37 heavy (non-hydrogen) atoms. The summed E-state index contributed by atoms with van der Waals surface area (Å²) >= 11 is 5.91. The van der Waals surface area contributed by atoms with E-state index in [9.17, 15) is 0 Å². The molecule has 2 aromatic carbocycles. The standard InChI is InChI=1S/C30H33N5OS/c1-20-18-26(21(2)35(20)24-13-11-23(12-14-24)33(3)4)29-28(27-8-6-7-17-31-27)32-30(37)34(29)19-22-9-15-25(36-5)16-10-22/h6-18,28-29H,19H2,1-5H3,(H,32,37)/t28-,29+/m0/s1. The van der Waals surface area contributed by atoms with Crippen molar-refractivity contribution >= 4 is 23.0 Å². The Morgan fingerprint density at radius 3 is 2.35 bits per heavy atom. The summed E-state index contributed by atoms with van der Waals surface area (Å²) in [6, 6.07) is 25.2. The number of nitrogens with one attached hydrogen (secondary N) is 1. The molecule has 1 saturated heterocycles. The van der Waals surface area contributed by atoms with Gasteiger partial charge in [-0.25, -0.2) is 0 Å². The fourth-order valence-electron chi connectivity index (χ4n) is 5.23. The number of benzene rings is 2. The molecule has 190 valence electrons. The highest BCUT2D eigenvalue weighted by Crippen LogP contribution is 2.42. The average Bonchev–Trinajstić information content (AvgIpc) is 3.39. The van der Waals surface area contributed by atoms with Gasteiger partial charge in [0.05, 0.1) is 24.9 Å². The molecule has 1 fully saturated rings. The first-order valence-electron chi connectivity index (χ1n) is 12.4. The van der Waals surface area contributed by atoms with Crippen LogP contribution in [0.5, 0.6) is 5.75 Å². The largest absolute Gasteiger partial charge is 0.497 e. The Labute approximate surface area is 224 Å². The molecular formula is C30H33N5OS. The van der Waals surface area contributed by atoms with Crippen molar-refractivity contribution in [2.24, 2.45) is 0 Å². The number of pyridine rings is 1. The average molecular weight is 512 g/mol. The fraction of sp³-hybridized carbons (Fsp3) is 0.267. The number of rotatable bonds is 7. The highest BCUT2D eigenvalue weighted by Gasteiger charge is 2.41. The lowest BCUT2D eigenvalue weighted by molar-refractivity contribution is 0.310. The van der Waals surface area contributed by atoms with Crippen molar-refractivity contribution in [3.63, 3.8) is 0 Å². The van der Waals surface area contributed by atoms with Gasteiger partial charge in [0.2, 0.25) is 0 Å². The molecule has 1 aliphatic heterocycles. The van der Waals surface area contributed by atoms with Gasteiger partial charge in [0, 0.05) is 49.6 Å². The lowest BCUT2D eigenvalue weighted by Crippen LogP contribution is -2.29. The number of nitrogens with zero attached hydrogens (tertiary/aromatic N) is 4. The SMILES string of the molecule is COc1ccc(CN2C(=S)N[C@@H](c3ccccn3)[C@H]2c2cc(C)n(-c3ccc(N(C)C)cc3)c2C)cc1. The third kappa shape index (κ3) is 4.79. The van der Waals surface area contributed by atoms with E-state index < -0.39 is 0 Å². The Balaban J connectivity index is 1.57. The number of thiocarbonyl (C=S) groups is 1. The van der Waals surface area contributed by atoms with Crippen LogP contribution in [-0.4, -0.2) is 40.8 Å². The smallest absolute Gasteiger partial charge is 0.170 e. The minimum Gasteiger partial charge on any atom is -0.497 e. The Bertz CT molecular complexity index is 1380. The molecule has 0 unspecified atom stereocenters. The third-order valence-corrected chi connectivity index (χ3v) is 7.48. The number of aromatic nitrogens is 2. The lowest BCUT2D eigenvalue weighted by atomic mass is 9.96. The molecule has 2 atom stereocenters. The van der Waals surface area contributed by atoms with E-state index in [2.05, 4.69) is 96.2 Å². The summed E-state index contributed by atoms with van der Waals surface area (Å²) in [5.41, 5.74) is 8.11. The molecule has 0 saturated carbocycles. The van der Waals surface area contributed by atoms with E-state index in [1.165, 1.54) is 28.2 Å². The molecule has 1 N–H and O–H groups in total. The van der Waals surface area contributed by atoms with Crippen molar-refractivity contribution in [3.05, 3.63) is 107 Å². The molecule has 3 heterocycles. The molecular weight excluding hydrogens is 478 g/mol. The van der Waals surface area contributed by atoms with Crippen LogP contribution in [0.3, 0.4) is 0 Å². The summed E-state index contributed by atoms with van der Waals surface area (Å²) in [5, 5.41) is 4.32. The summed E-state index contributed by atoms with van der Waals surface area (Å²) in [6.45, 7) is 5.05. The van der Waals surface area contributed by atoms with Crippen molar-refractivity contribution < 1.29 is 4.74 Å². The quantitative estimate of drug-likeness (QED) is 0.320. The van der Waals surface area contributed by atoms with Crippen LogP contribution < -0.4 is 15.0 Å². The van der Waals surface area contributed by atoms with Gasteiger partial charge in [-0.15, -0.1) is 0 Å². The molecule has 0 amide bonds. The zero-order valence-electron chi connectivity index (χ0n) is 22.0. The van der Waals surface area contributed by atoms with Gasteiger partial charge >= 0.3 is 0 Å². The van der Waals surface area contributed by atoms with E-state index >= 15 is 0 Å². The number of hydrogen-bond acceptors (Lipinski definition) is 4. The first-order chi connectivity index (χ1) is 17.9. The zero-order valence-corrected chi connectivity index (χ0v) is 22.8. The molecule has 1 aliphatic rings. The van der Waals surface area contributed by atoms with Gasteiger partial charge in [-0.3, -0.25) is 4.98 Å². The molecule has 7 heteroatoms. The molecule has 5 rings (SSSR count). The van der Waals surface area contributed by atoms with Gasteiger partial charge in [-0.05, 0) is 91.8 Å². The lowest BCUT2D eigenvalue weighted by Gasteiger charge is -2.28. The van der Waals surface area contributed by atoms with Crippen molar-refractivity contribution in [2.75, 3.05) is 26.1 Å². The summed E-state index contributed by atoms with van der Waals surface area (Å²) in [6.07, 6.45) is 1.85. The van der Waals surface area contributed by atoms with Crippen LogP contribution in [0.15, 0.2) is 79.0 Å². The van der Waals surface area contributed by atoms with Crippen LogP contribution in [-0.2, 0) is 6.54 Å². The maximum atomic E-state index is 5.91. The molecule has 2 aromatic heterocycles. The molecule has 0 bridgehead atoms. The minimum absolute atomic E-state index is 0.00880. The number of aryl methyl sites for hydroxylation is 1. The van der Waals surface area contributed by atoms with E-state index in [4.69, 9.17) is 21.9 Å². The van der Waals surface area contributed by atoms with Gasteiger partial charge < -0.3 is 24.4 Å². The van der Waals surface area contributed by atoms with E-state index in [-0.39, 0.29) is 12.1 Å². The van der Waals surface area contributed by atoms with E-state index in [0.717, 1.165) is 22.2 Å². The number of hydrogen-bond donors (Lipinski definition) is 1. The van der Waals surface area contributed by atoms with E-state index in [1.807, 2.05) is 30.5 Å². The van der Waals surface area contributed by atoms with Crippen LogP contribution in [0, 0.1) is 13.8 Å². The van der Waals surface area contributed by atoms with Crippen molar-refractivity contribution in [1.82, 2.24) is 19.8 Å². The van der Waals surface area contributed by atoms with Crippen molar-refractivity contribution in [3.8, 4) is 11.4 Å². The Morgan fingerprint density at radius 1 is 1.00 bits per heavy atom. The van der Waals surface area contributed by atoms with Gasteiger partial charge in [0.25, 0.3) is 0 Å². The Morgan fingerprint density at radius 2 is 1.73 bits per heavy atom. The summed E-state index contributed by atoms with van der Waals surface area (Å²) in [5.74, 6) is 0.845. The fourth-order valence-corrected chi connectivity index (χ4v) is 5.53. The van der Waals surface area contributed by atoms with Crippen LogP contribution in [0.25, 0.3) is 5.69 Å². The zero-order chi connectivity index (χ0) is 26.1. The molecule has 6 nitrogen and oxygen atoms in total. The predicted octanol–water partition coefficient (Wildman–Crippen LogP) is 5.74. The molecule has 4 aromatic rings. The second-order valence-electron chi connectivity index (χ2n) is 9.68. The first-order valence-corrected chi connectivity index (χ1v) is 12.9. The van der Waals surface area contributed by atoms with E-state index in [0.29, 0.717) is 6.54 Å². The predicted molar refractivity (Wildman–Crippen MR) is 154 cm³/mol. The minimum atomic E-state index is -0.0583. The monoisotopic (exact) mass is 511 g/mol. The van der Waals surface area contributed by atoms with Gasteiger partial charge in [-0.1, -0.05) is 18.2 Å². The van der Waals surface area contributed by atoms with Gasteiger partial charge in [0.15, 0.2) is 5.11 Å². The molecule has 0 radical (unpaired) electrons. The van der Waals surface area contributed by atoms with Gasteiger partial charge in [-0.2, -0.15) is 0 Å². The summed E-state index contributed by atoms with van der Waals surface area (Å²) < 4.78 is 7.68. The molecule has 0 spiro atoms. The number of methoxy groups -OCH3 is 1. The first kappa shape index (κ1) is 24.8. The maximum Gasteiger partial charge on any atom is 0.170 e. The highest BCUT2D eigenvalue weighted by atomic mass is 32.1. The van der Waals surface area contributed by atoms with Crippen LogP contribution >= 0.6 is 12.2 Å². The highest BCUT2D eigenvalue weighted by molar-refractivity contribution is 7.80. The summed E-state index contributed by atoms with van der Waals surface area (Å²) in [4.78, 5) is 9.11. The van der Waals surface area contributed by atoms with Gasteiger partial charge in [0.1, 0.15) is 5.75 Å².